The number of carbonyl (C=O) groups excluding carboxylic acids is 2. The highest BCUT2D eigenvalue weighted by Crippen LogP contribution is 2.17. The van der Waals surface area contributed by atoms with Crippen LogP contribution >= 0.6 is 23.2 Å². The first-order valence-electron chi connectivity index (χ1n) is 6.74. The third-order valence-electron chi connectivity index (χ3n) is 2.64. The fraction of sp³-hybridized carbons (Fsp3) is 0.538. The maximum absolute atomic E-state index is 12.5. The SMILES string of the molecule is CCCNC(=O)CN(CCC)C(=O)c1cc(Cl)nnc1Cl. The van der Waals surface area contributed by atoms with Crippen LogP contribution in [0.5, 0.6) is 0 Å². The van der Waals surface area contributed by atoms with Crippen molar-refractivity contribution in [2.75, 3.05) is 19.6 Å². The van der Waals surface area contributed by atoms with E-state index in [1.165, 1.54) is 11.0 Å². The van der Waals surface area contributed by atoms with Gasteiger partial charge in [0.25, 0.3) is 5.91 Å². The van der Waals surface area contributed by atoms with Crippen molar-refractivity contribution < 1.29 is 9.59 Å². The minimum atomic E-state index is -0.384. The summed E-state index contributed by atoms with van der Waals surface area (Å²) >= 11 is 11.6. The maximum atomic E-state index is 12.5. The summed E-state index contributed by atoms with van der Waals surface area (Å²) < 4.78 is 0. The van der Waals surface area contributed by atoms with E-state index in [0.717, 1.165) is 12.8 Å². The van der Waals surface area contributed by atoms with Crippen LogP contribution in [0.4, 0.5) is 0 Å². The monoisotopic (exact) mass is 332 g/mol. The molecule has 116 valence electrons. The van der Waals surface area contributed by atoms with Crippen LogP contribution in [-0.4, -0.2) is 46.5 Å². The van der Waals surface area contributed by atoms with E-state index in [9.17, 15) is 9.59 Å². The molecule has 0 aliphatic rings. The lowest BCUT2D eigenvalue weighted by molar-refractivity contribution is -0.121. The van der Waals surface area contributed by atoms with Crippen LogP contribution in [0.15, 0.2) is 6.07 Å². The van der Waals surface area contributed by atoms with Gasteiger partial charge in [-0.2, -0.15) is 0 Å². The summed E-state index contributed by atoms with van der Waals surface area (Å²) in [5.74, 6) is -0.590. The largest absolute Gasteiger partial charge is 0.355 e. The molecule has 21 heavy (non-hydrogen) atoms. The summed E-state index contributed by atoms with van der Waals surface area (Å²) in [6, 6.07) is 1.35. The number of aromatic nitrogens is 2. The van der Waals surface area contributed by atoms with E-state index in [-0.39, 0.29) is 34.2 Å². The molecule has 6 nitrogen and oxygen atoms in total. The van der Waals surface area contributed by atoms with Crippen molar-refractivity contribution in [2.45, 2.75) is 26.7 Å². The van der Waals surface area contributed by atoms with Crippen LogP contribution in [0.1, 0.15) is 37.0 Å². The molecule has 2 amide bonds. The molecule has 8 heteroatoms. The van der Waals surface area contributed by atoms with E-state index in [1.807, 2.05) is 13.8 Å². The first-order chi connectivity index (χ1) is 9.99. The van der Waals surface area contributed by atoms with Crippen molar-refractivity contribution in [1.29, 1.82) is 0 Å². The molecule has 0 saturated heterocycles. The Morgan fingerprint density at radius 1 is 1.24 bits per heavy atom. The molecule has 1 N–H and O–H groups in total. The average molecular weight is 333 g/mol. The van der Waals surface area contributed by atoms with Gasteiger partial charge >= 0.3 is 0 Å². The molecule has 0 aromatic carbocycles. The Kier molecular flexibility index (Phi) is 7.39. The molecule has 0 aliphatic carbocycles. The van der Waals surface area contributed by atoms with Crippen LogP contribution in [0, 0.1) is 0 Å². The highest BCUT2D eigenvalue weighted by molar-refractivity contribution is 6.34. The summed E-state index contributed by atoms with van der Waals surface area (Å²) in [6.07, 6.45) is 1.56. The first kappa shape index (κ1) is 17.7. The molecule has 0 bridgehead atoms. The van der Waals surface area contributed by atoms with E-state index in [2.05, 4.69) is 15.5 Å². The highest BCUT2D eigenvalue weighted by atomic mass is 35.5. The van der Waals surface area contributed by atoms with Gasteiger partial charge in [-0.15, -0.1) is 10.2 Å². The smallest absolute Gasteiger partial charge is 0.257 e. The Bertz CT molecular complexity index is 511. The molecule has 1 rings (SSSR count). The van der Waals surface area contributed by atoms with Crippen LogP contribution < -0.4 is 5.32 Å². The van der Waals surface area contributed by atoms with Gasteiger partial charge in [0, 0.05) is 13.1 Å². The van der Waals surface area contributed by atoms with Crippen LogP contribution in [0.2, 0.25) is 10.3 Å². The summed E-state index contributed by atoms with van der Waals surface area (Å²) in [7, 11) is 0. The third kappa shape index (κ3) is 5.47. The number of halogens is 2. The van der Waals surface area contributed by atoms with Crippen molar-refractivity contribution in [2.24, 2.45) is 0 Å². The second-order valence-corrected chi connectivity index (χ2v) is 5.19. The minimum absolute atomic E-state index is 0.0249. The Morgan fingerprint density at radius 3 is 2.57 bits per heavy atom. The zero-order valence-electron chi connectivity index (χ0n) is 12.0. The number of amides is 2. The summed E-state index contributed by atoms with van der Waals surface area (Å²) in [5.41, 5.74) is 0.147. The van der Waals surface area contributed by atoms with Gasteiger partial charge in [-0.25, -0.2) is 0 Å². The minimum Gasteiger partial charge on any atom is -0.355 e. The first-order valence-corrected chi connectivity index (χ1v) is 7.49. The second-order valence-electron chi connectivity index (χ2n) is 4.45. The van der Waals surface area contributed by atoms with Crippen LogP contribution in [-0.2, 0) is 4.79 Å². The predicted octanol–water partition coefficient (Wildman–Crippen LogP) is 2.16. The quantitative estimate of drug-likeness (QED) is 0.830. The summed E-state index contributed by atoms with van der Waals surface area (Å²) in [6.45, 7) is 4.87. The lowest BCUT2D eigenvalue weighted by atomic mass is 10.2. The van der Waals surface area contributed by atoms with Gasteiger partial charge in [0.15, 0.2) is 10.3 Å². The molecular formula is C13H18Cl2N4O2. The predicted molar refractivity (Wildman–Crippen MR) is 81.5 cm³/mol. The second kappa shape index (κ2) is 8.79. The summed E-state index contributed by atoms with van der Waals surface area (Å²) in [5, 5.41) is 9.95. The molecule has 1 heterocycles. The zero-order chi connectivity index (χ0) is 15.8. The summed E-state index contributed by atoms with van der Waals surface area (Å²) in [4.78, 5) is 25.7. The Morgan fingerprint density at radius 2 is 1.95 bits per heavy atom. The molecule has 0 atom stereocenters. The van der Waals surface area contributed by atoms with Crippen LogP contribution in [0.3, 0.4) is 0 Å². The highest BCUT2D eigenvalue weighted by Gasteiger charge is 2.21. The molecule has 0 radical (unpaired) electrons. The van der Waals surface area contributed by atoms with Gasteiger partial charge in [0.1, 0.15) is 0 Å². The lowest BCUT2D eigenvalue weighted by Crippen LogP contribution is -2.41. The topological polar surface area (TPSA) is 75.2 Å². The fourth-order valence-corrected chi connectivity index (χ4v) is 2.01. The van der Waals surface area contributed by atoms with Crippen molar-refractivity contribution in [3.8, 4) is 0 Å². The number of hydrogen-bond donors (Lipinski definition) is 1. The molecule has 0 aliphatic heterocycles. The molecule has 0 saturated carbocycles. The lowest BCUT2D eigenvalue weighted by Gasteiger charge is -2.21. The number of carbonyl (C=O) groups is 2. The zero-order valence-corrected chi connectivity index (χ0v) is 13.5. The van der Waals surface area contributed by atoms with E-state index >= 15 is 0 Å². The van der Waals surface area contributed by atoms with Gasteiger partial charge in [0.05, 0.1) is 12.1 Å². The van der Waals surface area contributed by atoms with Gasteiger partial charge in [0.2, 0.25) is 5.91 Å². The molecule has 0 fully saturated rings. The van der Waals surface area contributed by atoms with Gasteiger partial charge in [-0.1, -0.05) is 37.0 Å². The molecule has 1 aromatic heterocycles. The molecular weight excluding hydrogens is 315 g/mol. The van der Waals surface area contributed by atoms with Gasteiger partial charge in [-0.05, 0) is 18.9 Å². The Hall–Kier alpha value is -1.40. The van der Waals surface area contributed by atoms with Crippen molar-refractivity contribution in [3.05, 3.63) is 21.9 Å². The van der Waals surface area contributed by atoms with E-state index in [4.69, 9.17) is 23.2 Å². The van der Waals surface area contributed by atoms with Gasteiger partial charge < -0.3 is 10.2 Å². The van der Waals surface area contributed by atoms with Crippen molar-refractivity contribution in [1.82, 2.24) is 20.4 Å². The van der Waals surface area contributed by atoms with E-state index in [1.54, 1.807) is 0 Å². The fourth-order valence-electron chi connectivity index (χ4n) is 1.69. The number of nitrogens with zero attached hydrogens (tertiary/aromatic N) is 3. The van der Waals surface area contributed by atoms with E-state index < -0.39 is 0 Å². The number of rotatable bonds is 7. The Labute approximate surface area is 133 Å². The Balaban J connectivity index is 2.86. The normalized spacial score (nSPS) is 10.3. The van der Waals surface area contributed by atoms with E-state index in [0.29, 0.717) is 13.1 Å². The molecule has 0 spiro atoms. The molecule has 1 aromatic rings. The van der Waals surface area contributed by atoms with Crippen molar-refractivity contribution >= 4 is 35.0 Å². The van der Waals surface area contributed by atoms with Gasteiger partial charge in [-0.3, -0.25) is 9.59 Å². The van der Waals surface area contributed by atoms with Crippen LogP contribution in [0.25, 0.3) is 0 Å². The maximum Gasteiger partial charge on any atom is 0.257 e. The average Bonchev–Trinajstić information content (AvgIpc) is 2.46. The molecule has 0 unspecified atom stereocenters. The standard InChI is InChI=1S/C13H18Cl2N4O2/c1-3-5-16-11(20)8-19(6-4-2)13(21)9-7-10(14)17-18-12(9)15/h7H,3-6,8H2,1-2H3,(H,16,20). The van der Waals surface area contributed by atoms with Crippen molar-refractivity contribution in [3.63, 3.8) is 0 Å². The third-order valence-corrected chi connectivity index (χ3v) is 3.10. The number of hydrogen-bond acceptors (Lipinski definition) is 4. The number of nitrogens with one attached hydrogen (secondary N) is 1.